The Morgan fingerprint density at radius 1 is 1.07 bits per heavy atom. The summed E-state index contributed by atoms with van der Waals surface area (Å²) >= 11 is 0. The molecule has 6 nitrogen and oxygen atoms in total. The van der Waals surface area contributed by atoms with Crippen LogP contribution in [0, 0.1) is 12.8 Å². The molecule has 3 N–H and O–H groups in total. The molecule has 2 aliphatic heterocycles. The molecule has 2 aromatic rings. The van der Waals surface area contributed by atoms with E-state index < -0.39 is 0 Å². The third kappa shape index (κ3) is 3.47. The molecule has 0 radical (unpaired) electrons. The van der Waals surface area contributed by atoms with Crippen LogP contribution in [0.4, 0.5) is 0 Å². The summed E-state index contributed by atoms with van der Waals surface area (Å²) in [5.74, 6) is 1.16. The number of nitrogens with one attached hydrogen (secondary N) is 2. The van der Waals surface area contributed by atoms with Gasteiger partial charge in [0.05, 0.1) is 18.7 Å². The fraction of sp³-hybridized carbons (Fsp3) is 0.435. The van der Waals surface area contributed by atoms with Crippen LogP contribution in [0.1, 0.15) is 49.0 Å². The topological polar surface area (TPSA) is 73.8 Å². The van der Waals surface area contributed by atoms with E-state index in [9.17, 15) is 9.90 Å². The molecule has 0 bridgehead atoms. The molecule has 2 fully saturated rings. The molecule has 2 aromatic carbocycles. The lowest BCUT2D eigenvalue weighted by Crippen LogP contribution is -2.41. The van der Waals surface area contributed by atoms with Crippen LogP contribution in [0.5, 0.6) is 11.5 Å². The molecule has 4 atom stereocenters. The third-order valence-corrected chi connectivity index (χ3v) is 5.93. The zero-order valence-electron chi connectivity index (χ0n) is 17.2. The lowest BCUT2D eigenvalue weighted by atomic mass is 9.83. The predicted octanol–water partition coefficient (Wildman–Crippen LogP) is 3.23. The Morgan fingerprint density at radius 3 is 2.48 bits per heavy atom. The van der Waals surface area contributed by atoms with E-state index in [0.717, 1.165) is 28.9 Å². The van der Waals surface area contributed by atoms with E-state index in [1.54, 1.807) is 6.07 Å². The average Bonchev–Trinajstić information content (AvgIpc) is 3.25. The van der Waals surface area contributed by atoms with Crippen LogP contribution in [0.25, 0.3) is 0 Å². The van der Waals surface area contributed by atoms with Crippen molar-refractivity contribution in [1.29, 1.82) is 0 Å². The standard InChI is InChI=1S/C23H29N3O3/c1-4-12-26-22(15-7-9-16(10-8-15)29-5-2)19-20(24-25-21(19)23(26)28)17-13-14(3)6-11-18(17)27/h6-11,13,19-22,24-25,27H,4-5,12H2,1-3H3. The minimum absolute atomic E-state index is 0.0281. The molecule has 4 rings (SSSR count). The number of aromatic hydroxyl groups is 1. The second-order valence-electron chi connectivity index (χ2n) is 7.86. The summed E-state index contributed by atoms with van der Waals surface area (Å²) in [6.07, 6.45) is 0.895. The lowest BCUT2D eigenvalue weighted by Gasteiger charge is -2.31. The Balaban J connectivity index is 1.75. The Labute approximate surface area is 171 Å². The van der Waals surface area contributed by atoms with Crippen molar-refractivity contribution in [3.05, 3.63) is 59.2 Å². The Morgan fingerprint density at radius 2 is 1.79 bits per heavy atom. The van der Waals surface area contributed by atoms with Crippen LogP contribution in [0.15, 0.2) is 42.5 Å². The van der Waals surface area contributed by atoms with Gasteiger partial charge in [-0.3, -0.25) is 4.79 Å². The highest BCUT2D eigenvalue weighted by molar-refractivity contribution is 5.86. The monoisotopic (exact) mass is 395 g/mol. The van der Waals surface area contributed by atoms with Gasteiger partial charge in [0.1, 0.15) is 17.5 Å². The largest absolute Gasteiger partial charge is 0.508 e. The number of phenolic OH excluding ortho intramolecular Hbond substituents is 1. The van der Waals surface area contributed by atoms with Crippen LogP contribution >= 0.6 is 0 Å². The summed E-state index contributed by atoms with van der Waals surface area (Å²) in [7, 11) is 0. The highest BCUT2D eigenvalue weighted by atomic mass is 16.5. The van der Waals surface area contributed by atoms with E-state index in [1.165, 1.54) is 0 Å². The van der Waals surface area contributed by atoms with E-state index in [1.807, 2.05) is 43.0 Å². The lowest BCUT2D eigenvalue weighted by molar-refractivity contribution is -0.130. The molecule has 154 valence electrons. The number of rotatable bonds is 6. The number of hydrogen-bond donors (Lipinski definition) is 3. The number of aryl methyl sites for hydroxylation is 1. The van der Waals surface area contributed by atoms with E-state index in [0.29, 0.717) is 13.2 Å². The van der Waals surface area contributed by atoms with Crippen molar-refractivity contribution < 1.29 is 14.6 Å². The van der Waals surface area contributed by atoms with Crippen LogP contribution in [0.3, 0.4) is 0 Å². The summed E-state index contributed by atoms with van der Waals surface area (Å²) in [4.78, 5) is 15.2. The summed E-state index contributed by atoms with van der Waals surface area (Å²) in [6, 6.07) is 13.1. The quantitative estimate of drug-likeness (QED) is 0.700. The summed E-state index contributed by atoms with van der Waals surface area (Å²) in [5, 5.41) is 10.5. The molecular formula is C23H29N3O3. The average molecular weight is 396 g/mol. The number of amides is 1. The number of fused-ring (bicyclic) bond motifs is 1. The molecule has 0 saturated carbocycles. The number of hydrogen-bond acceptors (Lipinski definition) is 5. The van der Waals surface area contributed by atoms with Gasteiger partial charge in [0.2, 0.25) is 5.91 Å². The first-order chi connectivity index (χ1) is 14.0. The van der Waals surface area contributed by atoms with E-state index in [4.69, 9.17) is 4.74 Å². The van der Waals surface area contributed by atoms with Crippen LogP contribution < -0.4 is 15.6 Å². The van der Waals surface area contributed by atoms with E-state index in [2.05, 4.69) is 29.9 Å². The van der Waals surface area contributed by atoms with Crippen LogP contribution in [-0.2, 0) is 4.79 Å². The van der Waals surface area contributed by atoms with Crippen molar-refractivity contribution >= 4 is 5.91 Å². The van der Waals surface area contributed by atoms with Crippen molar-refractivity contribution in [1.82, 2.24) is 15.8 Å². The van der Waals surface area contributed by atoms with Gasteiger partial charge in [0.15, 0.2) is 0 Å². The molecule has 2 aliphatic rings. The van der Waals surface area contributed by atoms with Crippen LogP contribution in [0.2, 0.25) is 0 Å². The SMILES string of the molecule is CCCN1C(=O)C2NNC(c3cc(C)ccc3O)C2C1c1ccc(OCC)cc1. The van der Waals surface area contributed by atoms with E-state index in [-0.39, 0.29) is 35.7 Å². The number of nitrogens with zero attached hydrogens (tertiary/aromatic N) is 1. The third-order valence-electron chi connectivity index (χ3n) is 5.93. The van der Waals surface area contributed by atoms with Crippen molar-refractivity contribution in [3.8, 4) is 11.5 Å². The van der Waals surface area contributed by atoms with Gasteiger partial charge in [-0.15, -0.1) is 0 Å². The minimum Gasteiger partial charge on any atom is -0.508 e. The van der Waals surface area contributed by atoms with Gasteiger partial charge < -0.3 is 14.7 Å². The Hall–Kier alpha value is -2.57. The smallest absolute Gasteiger partial charge is 0.242 e. The second-order valence-corrected chi connectivity index (χ2v) is 7.86. The van der Waals surface area contributed by atoms with Gasteiger partial charge in [0, 0.05) is 18.0 Å². The van der Waals surface area contributed by atoms with Crippen molar-refractivity contribution in [2.45, 2.75) is 45.3 Å². The molecule has 2 saturated heterocycles. The molecule has 0 aromatic heterocycles. The molecule has 29 heavy (non-hydrogen) atoms. The summed E-state index contributed by atoms with van der Waals surface area (Å²) in [6.45, 7) is 7.39. The number of likely N-dealkylation sites (tertiary alicyclic amines) is 1. The fourth-order valence-corrected chi connectivity index (χ4v) is 4.71. The molecule has 4 unspecified atom stereocenters. The Kier molecular flexibility index (Phi) is 5.48. The molecule has 0 aliphatic carbocycles. The number of carbonyl (C=O) groups is 1. The maximum Gasteiger partial charge on any atom is 0.242 e. The number of benzene rings is 2. The van der Waals surface area contributed by atoms with Crippen molar-refractivity contribution in [3.63, 3.8) is 0 Å². The molecular weight excluding hydrogens is 366 g/mol. The number of phenols is 1. The van der Waals surface area contributed by atoms with Gasteiger partial charge in [-0.1, -0.05) is 36.8 Å². The highest BCUT2D eigenvalue weighted by Gasteiger charge is 2.55. The molecule has 2 heterocycles. The number of carbonyl (C=O) groups excluding carboxylic acids is 1. The highest BCUT2D eigenvalue weighted by Crippen LogP contribution is 2.48. The van der Waals surface area contributed by atoms with Gasteiger partial charge in [-0.2, -0.15) is 0 Å². The van der Waals surface area contributed by atoms with E-state index >= 15 is 0 Å². The summed E-state index contributed by atoms with van der Waals surface area (Å²) < 4.78 is 5.59. The predicted molar refractivity (Wildman–Crippen MR) is 111 cm³/mol. The molecule has 6 heteroatoms. The zero-order chi connectivity index (χ0) is 20.5. The van der Waals surface area contributed by atoms with Gasteiger partial charge in [-0.05, 0) is 44.0 Å². The number of ether oxygens (including phenoxy) is 1. The first kappa shape index (κ1) is 19.7. The van der Waals surface area contributed by atoms with Crippen LogP contribution in [-0.4, -0.2) is 35.1 Å². The minimum atomic E-state index is -0.317. The maximum atomic E-state index is 13.2. The Bertz CT molecular complexity index is 883. The normalized spacial score (nSPS) is 26.0. The summed E-state index contributed by atoms with van der Waals surface area (Å²) in [5.41, 5.74) is 9.49. The fourth-order valence-electron chi connectivity index (χ4n) is 4.71. The first-order valence-corrected chi connectivity index (χ1v) is 10.4. The van der Waals surface area contributed by atoms with Crippen molar-refractivity contribution in [2.75, 3.05) is 13.2 Å². The molecule has 0 spiro atoms. The number of hydrazine groups is 1. The molecule has 1 amide bonds. The maximum absolute atomic E-state index is 13.2. The van der Waals surface area contributed by atoms with Gasteiger partial charge >= 0.3 is 0 Å². The zero-order valence-corrected chi connectivity index (χ0v) is 17.2. The van der Waals surface area contributed by atoms with Gasteiger partial charge in [-0.25, -0.2) is 10.9 Å². The first-order valence-electron chi connectivity index (χ1n) is 10.4. The second kappa shape index (κ2) is 8.05. The van der Waals surface area contributed by atoms with Gasteiger partial charge in [0.25, 0.3) is 0 Å². The van der Waals surface area contributed by atoms with Crippen molar-refractivity contribution in [2.24, 2.45) is 5.92 Å².